The Hall–Kier alpha value is -4.55. The minimum atomic E-state index is -0.595. The van der Waals surface area contributed by atoms with Crippen LogP contribution in [0.5, 0.6) is 5.75 Å². The van der Waals surface area contributed by atoms with Gasteiger partial charge >= 0.3 is 0 Å². The molecule has 0 atom stereocenters. The zero-order chi connectivity index (χ0) is 26.2. The predicted molar refractivity (Wildman–Crippen MR) is 140 cm³/mol. The van der Waals surface area contributed by atoms with Gasteiger partial charge < -0.3 is 16.2 Å². The first-order valence-corrected chi connectivity index (χ1v) is 11.2. The first-order valence-electron chi connectivity index (χ1n) is 11.2. The highest BCUT2D eigenvalue weighted by molar-refractivity contribution is 6.33. The molecule has 0 aromatic heterocycles. The largest absolute Gasteiger partial charge is 0.494 e. The summed E-state index contributed by atoms with van der Waals surface area (Å²) in [6.07, 6.45) is 1.75. The number of hydrogen-bond acceptors (Lipinski definition) is 7. The molecule has 5 N–H and O–H groups in total. The van der Waals surface area contributed by atoms with E-state index >= 15 is 4.39 Å². The van der Waals surface area contributed by atoms with Gasteiger partial charge in [0.25, 0.3) is 0 Å². The quantitative estimate of drug-likeness (QED) is 0.242. The molecule has 0 saturated carbocycles. The first-order chi connectivity index (χ1) is 17.4. The number of rotatable bonds is 9. The van der Waals surface area contributed by atoms with Gasteiger partial charge in [0.05, 0.1) is 29.2 Å². The van der Waals surface area contributed by atoms with Gasteiger partial charge in [-0.15, -0.1) is 0 Å². The van der Waals surface area contributed by atoms with Crippen LogP contribution in [0.4, 0.5) is 4.39 Å². The Morgan fingerprint density at radius 2 is 2.03 bits per heavy atom. The zero-order valence-electron chi connectivity index (χ0n) is 20.3. The van der Waals surface area contributed by atoms with E-state index in [4.69, 9.17) is 16.2 Å². The van der Waals surface area contributed by atoms with Crippen LogP contribution in [0, 0.1) is 24.1 Å². The summed E-state index contributed by atoms with van der Waals surface area (Å²) in [6, 6.07) is 14.1. The summed E-state index contributed by atoms with van der Waals surface area (Å²) in [7, 11) is 1.51. The third-order valence-corrected chi connectivity index (χ3v) is 5.72. The fourth-order valence-electron chi connectivity index (χ4n) is 4.11. The van der Waals surface area contributed by atoms with Gasteiger partial charge in [0.2, 0.25) is 6.41 Å². The summed E-state index contributed by atoms with van der Waals surface area (Å²) in [4.78, 5) is 15.2. The number of benzene rings is 3. The number of hydrazone groups is 1. The van der Waals surface area contributed by atoms with E-state index in [0.29, 0.717) is 52.0 Å². The molecule has 0 spiro atoms. The van der Waals surface area contributed by atoms with Crippen LogP contribution in [0.25, 0.3) is 16.3 Å². The van der Waals surface area contributed by atoms with Crippen molar-refractivity contribution in [2.24, 2.45) is 21.6 Å². The summed E-state index contributed by atoms with van der Waals surface area (Å²) in [5.41, 5.74) is 17.4. The standard InChI is InChI=1S/C27H27FN6O2/c1-4-36-25-11-18(9-20(16(25)2)24(14-31)34-33-15-35)21(12-29)27(32-3)26-22(13-30)19-8-6-5-7-17(19)10-23(26)28/h5-12,15H,4,14,29,31H2,1-3H3,(H,33,35)/b21-12-,32-27?,34-24-. The number of carbonyl (C=O) groups is 1. The second-order valence-corrected chi connectivity index (χ2v) is 7.68. The zero-order valence-corrected chi connectivity index (χ0v) is 20.3. The van der Waals surface area contributed by atoms with E-state index < -0.39 is 5.82 Å². The number of allylic oxidation sites excluding steroid dienone is 1. The number of nitrogens with zero attached hydrogens (tertiary/aromatic N) is 3. The van der Waals surface area contributed by atoms with Crippen LogP contribution >= 0.6 is 0 Å². The van der Waals surface area contributed by atoms with Crippen molar-refractivity contribution >= 4 is 34.2 Å². The Balaban J connectivity index is 2.30. The smallest absolute Gasteiger partial charge is 0.227 e. The van der Waals surface area contributed by atoms with E-state index in [0.717, 1.165) is 5.56 Å². The highest BCUT2D eigenvalue weighted by Gasteiger charge is 2.24. The van der Waals surface area contributed by atoms with E-state index in [9.17, 15) is 10.1 Å². The van der Waals surface area contributed by atoms with Gasteiger partial charge in [0.15, 0.2) is 0 Å². The lowest BCUT2D eigenvalue weighted by molar-refractivity contribution is -0.109. The maximum Gasteiger partial charge on any atom is 0.227 e. The van der Waals surface area contributed by atoms with Crippen LogP contribution in [0.15, 0.2) is 58.8 Å². The Labute approximate surface area is 208 Å². The number of nitrogens with two attached hydrogens (primary N) is 2. The molecule has 1 amide bonds. The first kappa shape index (κ1) is 26.1. The van der Waals surface area contributed by atoms with Gasteiger partial charge in [-0.25, -0.2) is 9.82 Å². The van der Waals surface area contributed by atoms with Crippen LogP contribution < -0.4 is 21.6 Å². The van der Waals surface area contributed by atoms with Crippen molar-refractivity contribution in [2.75, 3.05) is 20.2 Å². The molecule has 3 aromatic carbocycles. The molecule has 0 unspecified atom stereocenters. The SMILES string of the molecule is CCOc1cc(/C(=C/N)C(=NC)c2c(F)cc3ccccc3c2C#N)cc(/C(CN)=N\NC=O)c1C. The fraction of sp³-hybridized carbons (Fsp3) is 0.185. The highest BCUT2D eigenvalue weighted by Crippen LogP contribution is 2.33. The molecule has 0 radical (unpaired) electrons. The van der Waals surface area contributed by atoms with E-state index in [1.807, 2.05) is 13.8 Å². The fourth-order valence-corrected chi connectivity index (χ4v) is 4.11. The molecular weight excluding hydrogens is 459 g/mol. The van der Waals surface area contributed by atoms with Crippen molar-refractivity contribution in [1.29, 1.82) is 5.26 Å². The van der Waals surface area contributed by atoms with E-state index in [1.54, 1.807) is 36.4 Å². The summed E-state index contributed by atoms with van der Waals surface area (Å²) < 4.78 is 21.3. The van der Waals surface area contributed by atoms with Crippen LogP contribution in [0.3, 0.4) is 0 Å². The summed E-state index contributed by atoms with van der Waals surface area (Å²) in [6.45, 7) is 4.11. The third kappa shape index (κ3) is 4.94. The molecule has 0 fully saturated rings. The maximum absolute atomic E-state index is 15.5. The number of fused-ring (bicyclic) bond motifs is 1. The number of nitrogens with one attached hydrogen (secondary N) is 1. The second-order valence-electron chi connectivity index (χ2n) is 7.68. The third-order valence-electron chi connectivity index (χ3n) is 5.72. The minimum absolute atomic E-state index is 0.0327. The molecular formula is C27H27FN6O2. The van der Waals surface area contributed by atoms with Crippen molar-refractivity contribution in [2.45, 2.75) is 13.8 Å². The lowest BCUT2D eigenvalue weighted by Gasteiger charge is -2.19. The number of nitriles is 1. The van der Waals surface area contributed by atoms with Crippen LogP contribution in [0.1, 0.15) is 34.7 Å². The number of hydrogen-bond donors (Lipinski definition) is 3. The Morgan fingerprint density at radius 1 is 1.28 bits per heavy atom. The normalized spacial score (nSPS) is 12.4. The van der Waals surface area contributed by atoms with Crippen LogP contribution in [0.2, 0.25) is 0 Å². The highest BCUT2D eigenvalue weighted by atomic mass is 19.1. The van der Waals surface area contributed by atoms with Crippen molar-refractivity contribution in [1.82, 2.24) is 5.43 Å². The van der Waals surface area contributed by atoms with Crippen molar-refractivity contribution in [3.63, 3.8) is 0 Å². The second kappa shape index (κ2) is 11.7. The Kier molecular flexibility index (Phi) is 8.49. The monoisotopic (exact) mass is 486 g/mol. The van der Waals surface area contributed by atoms with Crippen molar-refractivity contribution < 1.29 is 13.9 Å². The molecule has 8 nitrogen and oxygen atoms in total. The van der Waals surface area contributed by atoms with Gasteiger partial charge in [-0.3, -0.25) is 9.79 Å². The van der Waals surface area contributed by atoms with E-state index in [-0.39, 0.29) is 23.4 Å². The molecule has 0 heterocycles. The molecule has 0 aliphatic rings. The van der Waals surface area contributed by atoms with Crippen molar-refractivity contribution in [3.05, 3.63) is 82.3 Å². The number of amides is 1. The average molecular weight is 487 g/mol. The number of aliphatic imine (C=N–C) groups is 1. The lowest BCUT2D eigenvalue weighted by atomic mass is 9.88. The topological polar surface area (TPSA) is 139 Å². The molecule has 0 aliphatic heterocycles. The van der Waals surface area contributed by atoms with E-state index in [1.165, 1.54) is 19.3 Å². The number of ether oxygens (including phenoxy) is 1. The van der Waals surface area contributed by atoms with Gasteiger partial charge in [-0.2, -0.15) is 10.4 Å². The molecule has 0 saturated heterocycles. The summed E-state index contributed by atoms with van der Waals surface area (Å²) in [5, 5.41) is 15.2. The molecule has 3 rings (SSSR count). The Bertz CT molecular complexity index is 1440. The summed E-state index contributed by atoms with van der Waals surface area (Å²) in [5.74, 6) is -0.0616. The van der Waals surface area contributed by atoms with Crippen molar-refractivity contribution in [3.8, 4) is 11.8 Å². The number of halogens is 1. The minimum Gasteiger partial charge on any atom is -0.494 e. The molecule has 184 valence electrons. The van der Waals surface area contributed by atoms with Crippen LogP contribution in [-0.2, 0) is 4.79 Å². The number of carbonyl (C=O) groups excluding carboxylic acids is 1. The molecule has 9 heteroatoms. The molecule has 0 bridgehead atoms. The average Bonchev–Trinajstić information content (AvgIpc) is 2.89. The predicted octanol–water partition coefficient (Wildman–Crippen LogP) is 3.39. The molecule has 3 aromatic rings. The maximum atomic E-state index is 15.5. The van der Waals surface area contributed by atoms with Gasteiger partial charge in [-0.05, 0) is 43.0 Å². The molecule has 0 aliphatic carbocycles. The van der Waals surface area contributed by atoms with Crippen LogP contribution in [-0.4, -0.2) is 38.0 Å². The molecule has 36 heavy (non-hydrogen) atoms. The van der Waals surface area contributed by atoms with Gasteiger partial charge in [0.1, 0.15) is 17.6 Å². The van der Waals surface area contributed by atoms with Gasteiger partial charge in [0, 0.05) is 41.9 Å². The lowest BCUT2D eigenvalue weighted by Crippen LogP contribution is -2.21. The van der Waals surface area contributed by atoms with E-state index in [2.05, 4.69) is 21.6 Å². The Morgan fingerprint density at radius 3 is 2.64 bits per heavy atom. The summed E-state index contributed by atoms with van der Waals surface area (Å²) >= 11 is 0. The van der Waals surface area contributed by atoms with Gasteiger partial charge in [-0.1, -0.05) is 24.3 Å².